The first-order chi connectivity index (χ1) is 15.1. The molecule has 158 valence electrons. The van der Waals surface area contributed by atoms with Crippen LogP contribution < -0.4 is 15.0 Å². The minimum atomic E-state index is -0.444. The molecule has 0 saturated carbocycles. The van der Waals surface area contributed by atoms with Crippen molar-refractivity contribution in [2.75, 3.05) is 11.5 Å². The number of hydrogen-bond acceptors (Lipinski definition) is 4. The normalized spacial score (nSPS) is 15.0. The molecule has 0 unspecified atom stereocenters. The monoisotopic (exact) mass is 415 g/mol. The highest BCUT2D eigenvalue weighted by Gasteiger charge is 2.39. The molecule has 0 aliphatic carbocycles. The van der Waals surface area contributed by atoms with E-state index in [1.54, 1.807) is 23.2 Å². The Balaban J connectivity index is 1.52. The maximum Gasteiger partial charge on any atom is 0.260 e. The zero-order valence-electron chi connectivity index (χ0n) is 17.7. The number of pyridine rings is 1. The minimum absolute atomic E-state index is 0.129. The largest absolute Gasteiger partial charge is 0.494 e. The molecular formula is C25H25N3O3. The predicted molar refractivity (Wildman–Crippen MR) is 119 cm³/mol. The lowest BCUT2D eigenvalue weighted by Crippen LogP contribution is -2.33. The topological polar surface area (TPSA) is 71.5 Å². The van der Waals surface area contributed by atoms with Gasteiger partial charge in [0.05, 0.1) is 30.3 Å². The van der Waals surface area contributed by atoms with Gasteiger partial charge in [-0.2, -0.15) is 0 Å². The van der Waals surface area contributed by atoms with Crippen molar-refractivity contribution in [3.8, 4) is 5.75 Å². The van der Waals surface area contributed by atoms with Gasteiger partial charge in [0.1, 0.15) is 5.75 Å². The highest BCUT2D eigenvalue weighted by atomic mass is 16.5. The van der Waals surface area contributed by atoms with Gasteiger partial charge in [0.15, 0.2) is 0 Å². The van der Waals surface area contributed by atoms with Crippen molar-refractivity contribution in [3.05, 3.63) is 89.2 Å². The summed E-state index contributed by atoms with van der Waals surface area (Å²) < 4.78 is 5.52. The fraction of sp³-hybridized carbons (Fsp3) is 0.240. The van der Waals surface area contributed by atoms with Gasteiger partial charge >= 0.3 is 0 Å². The van der Waals surface area contributed by atoms with Gasteiger partial charge in [-0.3, -0.25) is 19.5 Å². The second-order valence-electron chi connectivity index (χ2n) is 7.53. The van der Waals surface area contributed by atoms with Crippen LogP contribution in [0.1, 0.15) is 46.6 Å². The van der Waals surface area contributed by atoms with Crippen LogP contribution in [-0.2, 0) is 11.3 Å². The molecule has 0 bridgehead atoms. The second-order valence-corrected chi connectivity index (χ2v) is 7.53. The van der Waals surface area contributed by atoms with Gasteiger partial charge < -0.3 is 10.1 Å². The van der Waals surface area contributed by atoms with Crippen molar-refractivity contribution in [2.45, 2.75) is 32.9 Å². The van der Waals surface area contributed by atoms with Crippen LogP contribution in [0.2, 0.25) is 0 Å². The van der Waals surface area contributed by atoms with Crippen LogP contribution in [0.3, 0.4) is 0 Å². The zero-order chi connectivity index (χ0) is 21.8. The fourth-order valence-electron chi connectivity index (χ4n) is 3.88. The van der Waals surface area contributed by atoms with Gasteiger partial charge in [-0.1, -0.05) is 24.3 Å². The molecule has 2 heterocycles. The number of rotatable bonds is 7. The first-order valence-corrected chi connectivity index (χ1v) is 10.4. The van der Waals surface area contributed by atoms with E-state index < -0.39 is 6.04 Å². The van der Waals surface area contributed by atoms with Gasteiger partial charge in [-0.15, -0.1) is 0 Å². The number of carbonyl (C=O) groups is 2. The maximum absolute atomic E-state index is 13.1. The molecule has 1 aliphatic rings. The molecule has 1 aliphatic heterocycles. The number of hydrogen-bond donors (Lipinski definition) is 1. The Bertz CT molecular complexity index is 1110. The van der Waals surface area contributed by atoms with Crippen LogP contribution in [0.5, 0.6) is 5.75 Å². The summed E-state index contributed by atoms with van der Waals surface area (Å²) in [6.07, 6.45) is 1.80. The number of benzene rings is 2. The molecule has 6 nitrogen and oxygen atoms in total. The molecule has 3 aromatic rings. The van der Waals surface area contributed by atoms with Gasteiger partial charge in [0, 0.05) is 18.4 Å². The van der Waals surface area contributed by atoms with E-state index in [4.69, 9.17) is 4.74 Å². The van der Waals surface area contributed by atoms with E-state index in [1.807, 2.05) is 62.4 Å². The number of aryl methyl sites for hydroxylation is 1. The van der Waals surface area contributed by atoms with Crippen molar-refractivity contribution in [2.24, 2.45) is 0 Å². The Hall–Kier alpha value is -3.67. The van der Waals surface area contributed by atoms with Crippen LogP contribution in [0.15, 0.2) is 66.9 Å². The summed E-state index contributed by atoms with van der Waals surface area (Å²) in [7, 11) is 0. The number of amides is 2. The molecule has 1 aromatic heterocycles. The van der Waals surface area contributed by atoms with E-state index in [-0.39, 0.29) is 18.2 Å². The van der Waals surface area contributed by atoms with Gasteiger partial charge in [-0.25, -0.2) is 0 Å². The number of anilines is 1. The number of fused-ring (bicyclic) bond motifs is 1. The minimum Gasteiger partial charge on any atom is -0.494 e. The van der Waals surface area contributed by atoms with Crippen molar-refractivity contribution in [3.63, 3.8) is 0 Å². The SMILES string of the molecule is CCOc1cccc(CNC(=O)C[C@@H]2c3ncccc3C(=O)N2c2cccc(C)c2)c1. The Morgan fingerprint density at radius 2 is 1.97 bits per heavy atom. The second kappa shape index (κ2) is 9.00. The number of aromatic nitrogens is 1. The highest BCUT2D eigenvalue weighted by Crippen LogP contribution is 2.38. The molecule has 0 radical (unpaired) electrons. The summed E-state index contributed by atoms with van der Waals surface area (Å²) in [4.78, 5) is 32.1. The average molecular weight is 415 g/mol. The van der Waals surface area contributed by atoms with Crippen molar-refractivity contribution >= 4 is 17.5 Å². The first kappa shape index (κ1) is 20.6. The molecular weight excluding hydrogens is 390 g/mol. The quantitative estimate of drug-likeness (QED) is 0.628. The molecule has 2 amide bonds. The third kappa shape index (κ3) is 4.43. The molecule has 4 rings (SSSR count). The molecule has 2 aromatic carbocycles. The first-order valence-electron chi connectivity index (χ1n) is 10.4. The van der Waals surface area contributed by atoms with E-state index in [2.05, 4.69) is 10.3 Å². The lowest BCUT2D eigenvalue weighted by atomic mass is 10.1. The Kier molecular flexibility index (Phi) is 5.98. The van der Waals surface area contributed by atoms with Gasteiger partial charge in [0.25, 0.3) is 5.91 Å². The molecule has 6 heteroatoms. The number of nitrogens with one attached hydrogen (secondary N) is 1. The number of carbonyl (C=O) groups excluding carboxylic acids is 2. The lowest BCUT2D eigenvalue weighted by Gasteiger charge is -2.25. The Morgan fingerprint density at radius 1 is 1.13 bits per heavy atom. The summed E-state index contributed by atoms with van der Waals surface area (Å²) in [5.74, 6) is 0.506. The molecule has 0 fully saturated rings. The standard InChI is InChI=1S/C25H25N3O3/c1-3-31-20-10-5-8-18(14-20)16-27-23(29)15-22-24-21(11-6-12-26-24)25(30)28(22)19-9-4-7-17(2)13-19/h4-14,22H,3,15-16H2,1-2H3,(H,27,29)/t22-/m1/s1. The summed E-state index contributed by atoms with van der Waals surface area (Å²) in [5, 5.41) is 2.96. The van der Waals surface area contributed by atoms with Crippen LogP contribution in [0, 0.1) is 6.92 Å². The molecule has 0 saturated heterocycles. The number of nitrogens with zero attached hydrogens (tertiary/aromatic N) is 2. The fourth-order valence-corrected chi connectivity index (χ4v) is 3.88. The Labute approximate surface area is 181 Å². The van der Waals surface area contributed by atoms with Crippen LogP contribution in [-0.4, -0.2) is 23.4 Å². The summed E-state index contributed by atoms with van der Waals surface area (Å²) in [6, 6.07) is 18.5. The average Bonchev–Trinajstić information content (AvgIpc) is 3.05. The van der Waals surface area contributed by atoms with E-state index in [1.165, 1.54) is 0 Å². The lowest BCUT2D eigenvalue weighted by molar-refractivity contribution is -0.121. The highest BCUT2D eigenvalue weighted by molar-refractivity contribution is 6.11. The zero-order valence-corrected chi connectivity index (χ0v) is 17.7. The third-order valence-corrected chi connectivity index (χ3v) is 5.27. The molecule has 1 atom stereocenters. The molecule has 31 heavy (non-hydrogen) atoms. The van der Waals surface area contributed by atoms with Gasteiger partial charge in [0.2, 0.25) is 5.91 Å². The van der Waals surface area contributed by atoms with Crippen molar-refractivity contribution < 1.29 is 14.3 Å². The van der Waals surface area contributed by atoms with Crippen LogP contribution in [0.4, 0.5) is 5.69 Å². The summed E-state index contributed by atoms with van der Waals surface area (Å²) >= 11 is 0. The van der Waals surface area contributed by atoms with Crippen LogP contribution >= 0.6 is 0 Å². The Morgan fingerprint density at radius 3 is 2.77 bits per heavy atom. The number of ether oxygens (including phenoxy) is 1. The van der Waals surface area contributed by atoms with Crippen LogP contribution in [0.25, 0.3) is 0 Å². The van der Waals surface area contributed by atoms with Crippen molar-refractivity contribution in [1.29, 1.82) is 0 Å². The van der Waals surface area contributed by atoms with E-state index in [0.717, 1.165) is 22.6 Å². The summed E-state index contributed by atoms with van der Waals surface area (Å²) in [6.45, 7) is 4.89. The van der Waals surface area contributed by atoms with E-state index >= 15 is 0 Å². The third-order valence-electron chi connectivity index (χ3n) is 5.27. The molecule has 0 spiro atoms. The van der Waals surface area contributed by atoms with E-state index in [9.17, 15) is 9.59 Å². The molecule has 1 N–H and O–H groups in total. The van der Waals surface area contributed by atoms with Gasteiger partial charge in [-0.05, 0) is 61.4 Å². The summed E-state index contributed by atoms with van der Waals surface area (Å²) in [5.41, 5.74) is 3.96. The predicted octanol–water partition coefficient (Wildman–Crippen LogP) is 4.20. The van der Waals surface area contributed by atoms with E-state index in [0.29, 0.717) is 24.4 Å². The maximum atomic E-state index is 13.1. The van der Waals surface area contributed by atoms with Crippen molar-refractivity contribution in [1.82, 2.24) is 10.3 Å². The smallest absolute Gasteiger partial charge is 0.260 e.